The van der Waals surface area contributed by atoms with E-state index in [1.807, 2.05) is 39.5 Å². The summed E-state index contributed by atoms with van der Waals surface area (Å²) in [5.41, 5.74) is 1.10. The van der Waals surface area contributed by atoms with Gasteiger partial charge < -0.3 is 15.3 Å². The van der Waals surface area contributed by atoms with Crippen LogP contribution in [0.25, 0.3) is 0 Å². The summed E-state index contributed by atoms with van der Waals surface area (Å²) in [5.74, 6) is -1.96. The lowest BCUT2D eigenvalue weighted by Gasteiger charge is -2.56. The van der Waals surface area contributed by atoms with Crippen molar-refractivity contribution >= 4 is 29.2 Å². The van der Waals surface area contributed by atoms with Crippen molar-refractivity contribution < 1.29 is 32.7 Å². The van der Waals surface area contributed by atoms with Crippen molar-refractivity contribution in [2.24, 2.45) is 5.92 Å². The van der Waals surface area contributed by atoms with Crippen LogP contribution in [0.15, 0.2) is 11.6 Å². The molecule has 12 unspecified atom stereocenters. The smallest absolute Gasteiger partial charge is 0.389 e. The van der Waals surface area contributed by atoms with Gasteiger partial charge in [0.15, 0.2) is 5.78 Å². The zero-order chi connectivity index (χ0) is 35.8. The van der Waals surface area contributed by atoms with Crippen molar-refractivity contribution in [1.29, 1.82) is 0 Å². The number of amides is 2. The van der Waals surface area contributed by atoms with E-state index in [1.54, 1.807) is 4.90 Å². The number of piperazine rings is 2. The van der Waals surface area contributed by atoms with Crippen molar-refractivity contribution in [3.63, 3.8) is 0 Å². The van der Waals surface area contributed by atoms with Gasteiger partial charge in [0, 0.05) is 63.1 Å². The second-order valence-corrected chi connectivity index (χ2v) is 15.3. The van der Waals surface area contributed by atoms with Crippen molar-refractivity contribution in [1.82, 2.24) is 41.3 Å². The lowest BCUT2D eigenvalue weighted by molar-refractivity contribution is -0.182. The fourth-order valence-corrected chi connectivity index (χ4v) is 8.75. The maximum absolute atomic E-state index is 14.5. The number of nitrogens with one attached hydrogen (secondary N) is 5. The molecule has 4 saturated heterocycles. The number of alkyl halides is 4. The lowest BCUT2D eigenvalue weighted by Crippen LogP contribution is -2.80. The Balaban J connectivity index is 1.33. The standard InChI is InChI=1S/C33H54ClF3N8O4/c1-6-24-28(43-9-11-44(12-10-43)32(49)27-29(47)19(5)38-16-39-27)30(48)26-31(40-18(4)23(42-26)13-17(2)3)45(24)15-25(46)41-22-8-7-20(14-21(22)34)33(35,36)37/h13,18-24,26-29,31,38-40,42,47H,6-12,14-16H2,1-5H3,(H,41,46). The largest absolute Gasteiger partial charge is 0.391 e. The molecule has 2 amide bonds. The van der Waals surface area contributed by atoms with Gasteiger partial charge in [-0.05, 0) is 53.4 Å². The van der Waals surface area contributed by atoms with E-state index in [-0.39, 0.29) is 67.6 Å². The first-order chi connectivity index (χ1) is 23.1. The highest BCUT2D eigenvalue weighted by atomic mass is 35.5. The number of hydrogen-bond acceptors (Lipinski definition) is 10. The van der Waals surface area contributed by atoms with Gasteiger partial charge in [0.2, 0.25) is 11.8 Å². The molecule has 1 saturated carbocycles. The van der Waals surface area contributed by atoms with E-state index >= 15 is 0 Å². The van der Waals surface area contributed by atoms with Crippen molar-refractivity contribution in [3.8, 4) is 0 Å². The average molecular weight is 719 g/mol. The number of rotatable bonds is 7. The molecule has 5 rings (SSSR count). The highest BCUT2D eigenvalue weighted by Crippen LogP contribution is 2.39. The molecule has 5 fully saturated rings. The number of piperidine rings is 1. The summed E-state index contributed by atoms with van der Waals surface area (Å²) in [6, 6.07) is -3.21. The summed E-state index contributed by atoms with van der Waals surface area (Å²) < 4.78 is 40.0. The third-order valence-electron chi connectivity index (χ3n) is 11.1. The first-order valence-electron chi connectivity index (χ1n) is 17.7. The van der Waals surface area contributed by atoms with Crippen LogP contribution in [0, 0.1) is 5.92 Å². The van der Waals surface area contributed by atoms with Crippen LogP contribution >= 0.6 is 11.6 Å². The van der Waals surface area contributed by atoms with Crippen LogP contribution in [0.3, 0.4) is 0 Å². The predicted octanol–water partition coefficient (Wildman–Crippen LogP) is 0.496. The normalized spacial score (nSPS) is 39.6. The van der Waals surface area contributed by atoms with Crippen LogP contribution in [-0.2, 0) is 14.4 Å². The summed E-state index contributed by atoms with van der Waals surface area (Å²) in [6.45, 7) is 11.9. The molecule has 49 heavy (non-hydrogen) atoms. The van der Waals surface area contributed by atoms with Crippen LogP contribution in [0.1, 0.15) is 60.3 Å². The molecule has 0 spiro atoms. The number of fused-ring (bicyclic) bond motifs is 1. The molecule has 0 aromatic heterocycles. The number of likely N-dealkylation sites (tertiary alicyclic amines) is 1. The number of halogens is 4. The number of allylic oxidation sites excluding steroid dienone is 1. The third-order valence-corrected chi connectivity index (χ3v) is 11.6. The summed E-state index contributed by atoms with van der Waals surface area (Å²) in [4.78, 5) is 47.4. The molecule has 5 aliphatic rings. The van der Waals surface area contributed by atoms with Gasteiger partial charge in [-0.25, -0.2) is 0 Å². The highest BCUT2D eigenvalue weighted by molar-refractivity contribution is 6.21. The Morgan fingerprint density at radius 2 is 1.76 bits per heavy atom. The lowest BCUT2D eigenvalue weighted by atomic mass is 9.83. The molecule has 12 nitrogen and oxygen atoms in total. The van der Waals surface area contributed by atoms with Crippen LogP contribution < -0.4 is 26.6 Å². The Morgan fingerprint density at radius 1 is 1.06 bits per heavy atom. The number of carbonyl (C=O) groups excluding carboxylic acids is 3. The second kappa shape index (κ2) is 15.8. The van der Waals surface area contributed by atoms with E-state index in [1.165, 1.54) is 0 Å². The fraction of sp³-hybridized carbons (Fsp3) is 0.848. The molecule has 4 aliphatic heterocycles. The van der Waals surface area contributed by atoms with Crippen molar-refractivity contribution in [2.45, 2.75) is 132 Å². The number of hydrogen-bond donors (Lipinski definition) is 6. The molecule has 12 atom stereocenters. The maximum Gasteiger partial charge on any atom is 0.391 e. The SMILES string of the molecule is CCC1C(N2CCN(C(=O)C3NCNC(C)C3O)CC2)C(=O)C2NC(C=C(C)C)C(C)NC2N1CC(=O)NC1CCC(C(F)(F)F)CC1Cl. The van der Waals surface area contributed by atoms with E-state index in [2.05, 4.69) is 37.6 Å². The van der Waals surface area contributed by atoms with E-state index in [4.69, 9.17) is 11.6 Å². The van der Waals surface area contributed by atoms with Crippen molar-refractivity contribution in [2.75, 3.05) is 39.4 Å². The predicted molar refractivity (Wildman–Crippen MR) is 180 cm³/mol. The molecular formula is C33H54ClF3N8O4. The van der Waals surface area contributed by atoms with Gasteiger partial charge in [0.25, 0.3) is 0 Å². The molecule has 0 radical (unpaired) electrons. The summed E-state index contributed by atoms with van der Waals surface area (Å²) >= 11 is 6.40. The maximum atomic E-state index is 14.5. The van der Waals surface area contributed by atoms with Crippen LogP contribution in [-0.4, -0.2) is 149 Å². The van der Waals surface area contributed by atoms with E-state index in [0.29, 0.717) is 39.3 Å². The Labute approximate surface area is 292 Å². The molecule has 16 heteroatoms. The number of nitrogens with zero attached hydrogens (tertiary/aromatic N) is 3. The highest BCUT2D eigenvalue weighted by Gasteiger charge is 2.54. The quantitative estimate of drug-likeness (QED) is 0.163. The van der Waals surface area contributed by atoms with E-state index in [0.717, 1.165) is 5.57 Å². The molecule has 0 bridgehead atoms. The summed E-state index contributed by atoms with van der Waals surface area (Å²) in [6.07, 6.45) is -3.20. The number of aliphatic hydroxyl groups is 1. The zero-order valence-electron chi connectivity index (χ0n) is 29.1. The minimum absolute atomic E-state index is 0.0235. The number of carbonyl (C=O) groups is 3. The molecule has 278 valence electrons. The molecule has 1 aliphatic carbocycles. The van der Waals surface area contributed by atoms with Gasteiger partial charge in [0.05, 0.1) is 42.2 Å². The monoisotopic (exact) mass is 718 g/mol. The zero-order valence-corrected chi connectivity index (χ0v) is 29.9. The van der Waals surface area contributed by atoms with Gasteiger partial charge in [0.1, 0.15) is 6.04 Å². The Morgan fingerprint density at radius 3 is 2.37 bits per heavy atom. The minimum Gasteiger partial charge on any atom is -0.389 e. The Bertz CT molecular complexity index is 1230. The average Bonchev–Trinajstić information content (AvgIpc) is 3.04. The summed E-state index contributed by atoms with van der Waals surface area (Å²) in [7, 11) is 0. The topological polar surface area (TPSA) is 141 Å². The first-order valence-corrected chi connectivity index (χ1v) is 18.2. The second-order valence-electron chi connectivity index (χ2n) is 14.8. The molecule has 6 N–H and O–H groups in total. The van der Waals surface area contributed by atoms with Gasteiger partial charge in [-0.1, -0.05) is 18.6 Å². The number of ketones is 1. The molecule has 0 aromatic rings. The van der Waals surface area contributed by atoms with Gasteiger partial charge in [-0.3, -0.25) is 45.5 Å². The van der Waals surface area contributed by atoms with Crippen LogP contribution in [0.4, 0.5) is 13.2 Å². The third kappa shape index (κ3) is 8.45. The van der Waals surface area contributed by atoms with Gasteiger partial charge in [-0.2, -0.15) is 13.2 Å². The Kier molecular flexibility index (Phi) is 12.4. The summed E-state index contributed by atoms with van der Waals surface area (Å²) in [5, 5.41) is 26.1. The molecular weight excluding hydrogens is 665 g/mol. The van der Waals surface area contributed by atoms with Crippen molar-refractivity contribution in [3.05, 3.63) is 11.6 Å². The van der Waals surface area contributed by atoms with Gasteiger partial charge >= 0.3 is 6.18 Å². The molecule has 4 heterocycles. The fourth-order valence-electron chi connectivity index (χ4n) is 8.35. The van der Waals surface area contributed by atoms with E-state index < -0.39 is 53.9 Å². The van der Waals surface area contributed by atoms with Crippen LogP contribution in [0.2, 0.25) is 0 Å². The minimum atomic E-state index is -4.32. The Hall–Kier alpha value is -1.85. The number of Topliss-reactive ketones (excluding diaryl/α,β-unsaturated/α-hetero) is 1. The number of aliphatic hydroxyl groups excluding tert-OH is 1. The van der Waals surface area contributed by atoms with Crippen LogP contribution in [0.5, 0.6) is 0 Å². The van der Waals surface area contributed by atoms with Gasteiger partial charge in [-0.15, -0.1) is 11.6 Å². The van der Waals surface area contributed by atoms with E-state index in [9.17, 15) is 32.7 Å². The first kappa shape index (κ1) is 38.4. The molecule has 0 aromatic carbocycles.